The molecule has 2 aromatic rings. The van der Waals surface area contributed by atoms with E-state index in [0.29, 0.717) is 9.76 Å². The van der Waals surface area contributed by atoms with Crippen LogP contribution in [0.2, 0.25) is 13.1 Å². The largest absolute Gasteiger partial charge is 0.449 e. The van der Waals surface area contributed by atoms with Crippen LogP contribution >= 0.6 is 0 Å². The molecule has 0 saturated heterocycles. The highest BCUT2D eigenvalue weighted by Gasteiger charge is 2.31. The molecule has 0 spiro atoms. The number of fused-ring (bicyclic) bond motifs is 3. The van der Waals surface area contributed by atoms with Crippen LogP contribution in [0.1, 0.15) is 0 Å². The molecule has 2 aromatic carbocycles. The van der Waals surface area contributed by atoms with Crippen molar-refractivity contribution in [1.29, 1.82) is 0 Å². The van der Waals surface area contributed by atoms with Gasteiger partial charge in [-0.3, -0.25) is 0 Å². The number of benzene rings is 2. The first-order valence-corrected chi connectivity index (χ1v) is 9.63. The fraction of sp³-hybridized carbons (Fsp3) is 0.143. The maximum absolute atomic E-state index is 6.21. The minimum atomic E-state index is -1.75. The Morgan fingerprint density at radius 2 is 1.53 bits per heavy atom. The Morgan fingerprint density at radius 1 is 0.882 bits per heavy atom. The summed E-state index contributed by atoms with van der Waals surface area (Å²) in [6.07, 6.45) is 0. The first-order valence-electron chi connectivity index (χ1n) is 5.81. The maximum Gasteiger partial charge on any atom is 0.257 e. The summed E-state index contributed by atoms with van der Waals surface area (Å²) in [5.74, 6) is 0. The van der Waals surface area contributed by atoms with Crippen LogP contribution in [0.15, 0.2) is 48.5 Å². The van der Waals surface area contributed by atoms with Gasteiger partial charge in [-0.1, -0.05) is 48.5 Å². The Hall–Kier alpha value is -1.17. The Kier molecular flexibility index (Phi) is 2.54. The van der Waals surface area contributed by atoms with E-state index in [1.54, 1.807) is 0 Å². The Morgan fingerprint density at radius 3 is 2.35 bits per heavy atom. The molecular weight excluding hydrogens is 240 g/mol. The number of hydrogen-bond donors (Lipinski definition) is 0. The molecule has 0 fully saturated rings. The van der Waals surface area contributed by atoms with Crippen LogP contribution in [0.25, 0.3) is 11.1 Å². The zero-order valence-electron chi connectivity index (χ0n) is 10.0. The van der Waals surface area contributed by atoms with Crippen molar-refractivity contribution in [3.63, 3.8) is 0 Å². The summed E-state index contributed by atoms with van der Waals surface area (Å²) in [6, 6.07) is 17.3. The molecule has 0 unspecified atom stereocenters. The summed E-state index contributed by atoms with van der Waals surface area (Å²) in [5.41, 5.74) is 2.71. The first kappa shape index (κ1) is 11.0. The lowest BCUT2D eigenvalue weighted by Crippen LogP contribution is -2.46. The standard InChI is InChI=1S/C14H14OSi2/c1-17(2)14-10-6-4-8-12(14)11-7-3-5-9-13(11)16-15-17/h3-10H,1-2H3. The van der Waals surface area contributed by atoms with Crippen LogP contribution in [0.4, 0.5) is 0 Å². The summed E-state index contributed by atoms with van der Waals surface area (Å²) in [6.45, 7) is 4.56. The molecule has 0 aromatic heterocycles. The molecule has 1 nitrogen and oxygen atoms in total. The van der Waals surface area contributed by atoms with E-state index in [1.807, 2.05) is 0 Å². The van der Waals surface area contributed by atoms with Crippen molar-refractivity contribution in [2.75, 3.05) is 0 Å². The highest BCUT2D eigenvalue weighted by molar-refractivity contribution is 6.89. The van der Waals surface area contributed by atoms with Gasteiger partial charge in [0, 0.05) is 0 Å². The fourth-order valence-corrected chi connectivity index (χ4v) is 6.04. The van der Waals surface area contributed by atoms with E-state index in [9.17, 15) is 0 Å². The second-order valence-electron chi connectivity index (χ2n) is 4.81. The SMILES string of the molecule is C[Si]1(C)O[Si]c2ccccc2-c2ccccc21. The van der Waals surface area contributed by atoms with Gasteiger partial charge >= 0.3 is 0 Å². The molecule has 3 heteroatoms. The van der Waals surface area contributed by atoms with Crippen molar-refractivity contribution in [1.82, 2.24) is 0 Å². The van der Waals surface area contributed by atoms with Gasteiger partial charge in [0.2, 0.25) is 8.32 Å². The lowest BCUT2D eigenvalue weighted by atomic mass is 10.1. The second-order valence-corrected chi connectivity index (χ2v) is 9.92. The molecule has 1 aliphatic heterocycles. The first-order chi connectivity index (χ1) is 8.18. The molecule has 0 saturated carbocycles. The van der Waals surface area contributed by atoms with E-state index in [0.717, 1.165) is 0 Å². The molecule has 3 rings (SSSR count). The van der Waals surface area contributed by atoms with Gasteiger partial charge in [0.15, 0.2) is 0 Å². The molecule has 1 aliphatic rings. The van der Waals surface area contributed by atoms with Crippen molar-refractivity contribution in [3.8, 4) is 11.1 Å². The third-order valence-corrected chi connectivity index (χ3v) is 8.05. The maximum atomic E-state index is 6.21. The zero-order valence-corrected chi connectivity index (χ0v) is 12.0. The molecule has 0 atom stereocenters. The van der Waals surface area contributed by atoms with Crippen LogP contribution < -0.4 is 10.4 Å². The van der Waals surface area contributed by atoms with Gasteiger partial charge < -0.3 is 4.12 Å². The Labute approximate surface area is 106 Å². The van der Waals surface area contributed by atoms with E-state index < -0.39 is 8.32 Å². The molecule has 2 radical (unpaired) electrons. The summed E-state index contributed by atoms with van der Waals surface area (Å²) in [5, 5.41) is 2.75. The third kappa shape index (κ3) is 1.80. The molecule has 84 valence electrons. The van der Waals surface area contributed by atoms with E-state index in [2.05, 4.69) is 61.6 Å². The van der Waals surface area contributed by atoms with Gasteiger partial charge in [-0.05, 0) is 34.6 Å². The van der Waals surface area contributed by atoms with Gasteiger partial charge in [0.1, 0.15) is 0 Å². The summed E-state index contributed by atoms with van der Waals surface area (Å²) >= 11 is 0. The topological polar surface area (TPSA) is 9.23 Å². The van der Waals surface area contributed by atoms with E-state index in [-0.39, 0.29) is 0 Å². The molecular formula is C14H14OSi2. The van der Waals surface area contributed by atoms with Crippen molar-refractivity contribution in [2.45, 2.75) is 13.1 Å². The fourth-order valence-electron chi connectivity index (χ4n) is 2.29. The Bertz CT molecular complexity index is 564. The molecule has 0 bridgehead atoms. The number of hydrogen-bond acceptors (Lipinski definition) is 1. The van der Waals surface area contributed by atoms with Crippen LogP contribution in [0.3, 0.4) is 0 Å². The lowest BCUT2D eigenvalue weighted by Gasteiger charge is -2.22. The molecule has 0 N–H and O–H groups in total. The van der Waals surface area contributed by atoms with Gasteiger partial charge in [0.25, 0.3) is 9.76 Å². The van der Waals surface area contributed by atoms with Gasteiger partial charge in [0.05, 0.1) is 0 Å². The summed E-state index contributed by atoms with van der Waals surface area (Å²) in [7, 11) is -1.27. The van der Waals surface area contributed by atoms with Crippen LogP contribution in [0, 0.1) is 0 Å². The minimum absolute atomic E-state index is 0.475. The van der Waals surface area contributed by atoms with E-state index in [1.165, 1.54) is 21.5 Å². The smallest absolute Gasteiger partial charge is 0.257 e. The molecule has 17 heavy (non-hydrogen) atoms. The van der Waals surface area contributed by atoms with E-state index in [4.69, 9.17) is 4.12 Å². The third-order valence-electron chi connectivity index (χ3n) is 3.21. The zero-order chi connectivity index (χ0) is 11.9. The summed E-state index contributed by atoms with van der Waals surface area (Å²) in [4.78, 5) is 0. The van der Waals surface area contributed by atoms with Gasteiger partial charge in [-0.2, -0.15) is 0 Å². The normalized spacial score (nSPS) is 16.8. The van der Waals surface area contributed by atoms with Crippen molar-refractivity contribution < 1.29 is 4.12 Å². The average Bonchev–Trinajstić information content (AvgIpc) is 2.47. The highest BCUT2D eigenvalue weighted by Crippen LogP contribution is 2.21. The van der Waals surface area contributed by atoms with Crippen LogP contribution in [-0.4, -0.2) is 18.1 Å². The van der Waals surface area contributed by atoms with Crippen molar-refractivity contribution in [2.24, 2.45) is 0 Å². The Balaban J connectivity index is 2.31. The highest BCUT2D eigenvalue weighted by atomic mass is 28.4. The van der Waals surface area contributed by atoms with Crippen molar-refractivity contribution in [3.05, 3.63) is 48.5 Å². The lowest BCUT2D eigenvalue weighted by molar-refractivity contribution is 0.617. The molecule has 0 aliphatic carbocycles. The minimum Gasteiger partial charge on any atom is -0.449 e. The van der Waals surface area contributed by atoms with Crippen LogP contribution in [-0.2, 0) is 4.12 Å². The predicted molar refractivity (Wildman–Crippen MR) is 75.5 cm³/mol. The predicted octanol–water partition coefficient (Wildman–Crippen LogP) is 2.04. The summed E-state index contributed by atoms with van der Waals surface area (Å²) < 4.78 is 6.21. The number of rotatable bonds is 0. The van der Waals surface area contributed by atoms with E-state index >= 15 is 0 Å². The quantitative estimate of drug-likeness (QED) is 0.654. The van der Waals surface area contributed by atoms with Gasteiger partial charge in [-0.25, -0.2) is 0 Å². The average molecular weight is 254 g/mol. The molecule has 1 heterocycles. The van der Waals surface area contributed by atoms with Crippen molar-refractivity contribution >= 4 is 28.5 Å². The monoisotopic (exact) mass is 254 g/mol. The van der Waals surface area contributed by atoms with Crippen LogP contribution in [0.5, 0.6) is 0 Å². The molecule has 0 amide bonds. The second kappa shape index (κ2) is 3.94. The van der Waals surface area contributed by atoms with Gasteiger partial charge in [-0.15, -0.1) is 0 Å².